The predicted octanol–water partition coefficient (Wildman–Crippen LogP) is 0.619. The molecule has 1 heterocycles. The standard InChI is InChI=1S/C12H25NO3/c1-4-5-12(15)8-13(9-12)6-11(14)7-16-10(2)3/h10-11,14-15H,4-9H2,1-3H3. The largest absolute Gasteiger partial charge is 0.389 e. The van der Waals surface area contributed by atoms with Crippen molar-refractivity contribution in [2.75, 3.05) is 26.2 Å². The number of ether oxygens (including phenoxy) is 1. The number of aliphatic hydroxyl groups excluding tert-OH is 1. The van der Waals surface area contributed by atoms with E-state index in [1.165, 1.54) is 0 Å². The summed E-state index contributed by atoms with van der Waals surface area (Å²) in [4.78, 5) is 2.07. The first-order chi connectivity index (χ1) is 7.45. The van der Waals surface area contributed by atoms with Crippen LogP contribution in [0.5, 0.6) is 0 Å². The molecule has 0 amide bonds. The summed E-state index contributed by atoms with van der Waals surface area (Å²) in [7, 11) is 0. The van der Waals surface area contributed by atoms with Crippen LogP contribution in [0.1, 0.15) is 33.6 Å². The van der Waals surface area contributed by atoms with Crippen LogP contribution in [-0.4, -0.2) is 59.2 Å². The summed E-state index contributed by atoms with van der Waals surface area (Å²) in [6.45, 7) is 8.32. The smallest absolute Gasteiger partial charge is 0.0900 e. The molecule has 2 N–H and O–H groups in total. The van der Waals surface area contributed by atoms with Crippen molar-refractivity contribution >= 4 is 0 Å². The van der Waals surface area contributed by atoms with Crippen LogP contribution in [0.2, 0.25) is 0 Å². The molecule has 1 aliphatic rings. The maximum atomic E-state index is 9.96. The molecule has 4 nitrogen and oxygen atoms in total. The van der Waals surface area contributed by atoms with E-state index in [1.54, 1.807) is 0 Å². The quantitative estimate of drug-likeness (QED) is 0.674. The van der Waals surface area contributed by atoms with Crippen LogP contribution < -0.4 is 0 Å². The van der Waals surface area contributed by atoms with Crippen LogP contribution in [-0.2, 0) is 4.74 Å². The summed E-state index contributed by atoms with van der Waals surface area (Å²) in [5, 5.41) is 19.6. The Morgan fingerprint density at radius 3 is 2.50 bits per heavy atom. The Bertz CT molecular complexity index is 202. The molecule has 1 saturated heterocycles. The van der Waals surface area contributed by atoms with Gasteiger partial charge in [-0.15, -0.1) is 0 Å². The minimum atomic E-state index is -0.507. The second-order valence-corrected chi connectivity index (χ2v) is 5.18. The maximum absolute atomic E-state index is 9.96. The van der Waals surface area contributed by atoms with Gasteiger partial charge in [-0.3, -0.25) is 4.90 Å². The van der Waals surface area contributed by atoms with Crippen LogP contribution in [0, 0.1) is 0 Å². The molecule has 1 fully saturated rings. The summed E-state index contributed by atoms with van der Waals surface area (Å²) >= 11 is 0. The lowest BCUT2D eigenvalue weighted by molar-refractivity contribution is -0.119. The van der Waals surface area contributed by atoms with Gasteiger partial charge in [0, 0.05) is 19.6 Å². The van der Waals surface area contributed by atoms with Gasteiger partial charge >= 0.3 is 0 Å². The van der Waals surface area contributed by atoms with Crippen molar-refractivity contribution in [3.05, 3.63) is 0 Å². The zero-order valence-electron chi connectivity index (χ0n) is 10.6. The maximum Gasteiger partial charge on any atom is 0.0900 e. The van der Waals surface area contributed by atoms with Gasteiger partial charge < -0.3 is 14.9 Å². The zero-order chi connectivity index (χ0) is 12.2. The van der Waals surface area contributed by atoms with E-state index in [1.807, 2.05) is 13.8 Å². The molecule has 0 bridgehead atoms. The molecule has 1 atom stereocenters. The highest BCUT2D eigenvalue weighted by Gasteiger charge is 2.40. The van der Waals surface area contributed by atoms with Crippen molar-refractivity contribution < 1.29 is 14.9 Å². The molecule has 1 aliphatic heterocycles. The second-order valence-electron chi connectivity index (χ2n) is 5.18. The van der Waals surface area contributed by atoms with Gasteiger partial charge in [0.1, 0.15) is 0 Å². The molecular formula is C12H25NO3. The first-order valence-electron chi connectivity index (χ1n) is 6.19. The van der Waals surface area contributed by atoms with Crippen molar-refractivity contribution in [2.45, 2.75) is 51.4 Å². The Hall–Kier alpha value is -0.160. The first kappa shape index (κ1) is 13.9. The van der Waals surface area contributed by atoms with E-state index in [-0.39, 0.29) is 6.10 Å². The molecule has 0 radical (unpaired) electrons. The number of hydrogen-bond donors (Lipinski definition) is 2. The van der Waals surface area contributed by atoms with Crippen LogP contribution in [0.15, 0.2) is 0 Å². The van der Waals surface area contributed by atoms with Crippen molar-refractivity contribution in [3.8, 4) is 0 Å². The topological polar surface area (TPSA) is 52.9 Å². The third kappa shape index (κ3) is 4.37. The molecular weight excluding hydrogens is 206 g/mol. The van der Waals surface area contributed by atoms with E-state index >= 15 is 0 Å². The van der Waals surface area contributed by atoms with Crippen molar-refractivity contribution in [1.82, 2.24) is 4.90 Å². The van der Waals surface area contributed by atoms with Gasteiger partial charge in [0.15, 0.2) is 0 Å². The van der Waals surface area contributed by atoms with Crippen LogP contribution >= 0.6 is 0 Å². The molecule has 16 heavy (non-hydrogen) atoms. The van der Waals surface area contributed by atoms with Gasteiger partial charge in [0.05, 0.1) is 24.4 Å². The summed E-state index contributed by atoms with van der Waals surface area (Å²) in [6, 6.07) is 0. The minimum Gasteiger partial charge on any atom is -0.389 e. The van der Waals surface area contributed by atoms with Gasteiger partial charge in [0.2, 0.25) is 0 Å². The molecule has 0 aliphatic carbocycles. The number of aliphatic hydroxyl groups is 2. The molecule has 0 spiro atoms. The number of hydrogen-bond acceptors (Lipinski definition) is 4. The third-order valence-electron chi connectivity index (χ3n) is 2.84. The third-order valence-corrected chi connectivity index (χ3v) is 2.84. The lowest BCUT2D eigenvalue weighted by atomic mass is 9.89. The zero-order valence-corrected chi connectivity index (χ0v) is 10.6. The summed E-state index contributed by atoms with van der Waals surface area (Å²) in [6.07, 6.45) is 1.56. The van der Waals surface area contributed by atoms with Crippen LogP contribution in [0.4, 0.5) is 0 Å². The molecule has 0 aromatic heterocycles. The highest BCUT2D eigenvalue weighted by atomic mass is 16.5. The fraction of sp³-hybridized carbons (Fsp3) is 1.00. The number of likely N-dealkylation sites (tertiary alicyclic amines) is 1. The van der Waals surface area contributed by atoms with Crippen molar-refractivity contribution in [1.29, 1.82) is 0 Å². The van der Waals surface area contributed by atoms with Crippen LogP contribution in [0.3, 0.4) is 0 Å². The Labute approximate surface area is 98.2 Å². The van der Waals surface area contributed by atoms with E-state index in [0.29, 0.717) is 26.2 Å². The fourth-order valence-corrected chi connectivity index (χ4v) is 2.19. The average molecular weight is 231 g/mol. The van der Waals surface area contributed by atoms with Gasteiger partial charge in [-0.05, 0) is 20.3 Å². The van der Waals surface area contributed by atoms with Gasteiger partial charge in [-0.1, -0.05) is 13.3 Å². The van der Waals surface area contributed by atoms with Gasteiger partial charge in [0.25, 0.3) is 0 Å². The summed E-state index contributed by atoms with van der Waals surface area (Å²) in [5.74, 6) is 0. The predicted molar refractivity (Wildman–Crippen MR) is 63.4 cm³/mol. The molecule has 0 aromatic rings. The molecule has 4 heteroatoms. The molecule has 1 rings (SSSR count). The fourth-order valence-electron chi connectivity index (χ4n) is 2.19. The van der Waals surface area contributed by atoms with Gasteiger partial charge in [-0.25, -0.2) is 0 Å². The van der Waals surface area contributed by atoms with Gasteiger partial charge in [-0.2, -0.15) is 0 Å². The monoisotopic (exact) mass is 231 g/mol. The number of rotatable bonds is 7. The van der Waals surface area contributed by atoms with Crippen molar-refractivity contribution in [2.24, 2.45) is 0 Å². The Morgan fingerprint density at radius 2 is 2.00 bits per heavy atom. The van der Waals surface area contributed by atoms with E-state index in [9.17, 15) is 10.2 Å². The normalized spacial score (nSPS) is 22.1. The van der Waals surface area contributed by atoms with Crippen LogP contribution in [0.25, 0.3) is 0 Å². The van der Waals surface area contributed by atoms with Crippen molar-refractivity contribution in [3.63, 3.8) is 0 Å². The Balaban J connectivity index is 2.12. The Kier molecular flexibility index (Phi) is 5.18. The van der Waals surface area contributed by atoms with E-state index in [2.05, 4.69) is 11.8 Å². The lowest BCUT2D eigenvalue weighted by Crippen LogP contribution is -2.63. The molecule has 0 saturated carbocycles. The van der Waals surface area contributed by atoms with E-state index in [0.717, 1.165) is 12.8 Å². The molecule has 0 aromatic carbocycles. The Morgan fingerprint density at radius 1 is 1.38 bits per heavy atom. The number of β-amino-alcohol motifs (C(OH)–C–C–N with tert-alkyl or cyclic N) is 2. The van der Waals surface area contributed by atoms with E-state index < -0.39 is 11.7 Å². The SMILES string of the molecule is CCCC1(O)CN(CC(O)COC(C)C)C1. The summed E-state index contributed by atoms with van der Waals surface area (Å²) < 4.78 is 5.33. The highest BCUT2D eigenvalue weighted by molar-refractivity contribution is 4.95. The summed E-state index contributed by atoms with van der Waals surface area (Å²) in [5.41, 5.74) is -0.507. The second kappa shape index (κ2) is 5.96. The number of nitrogens with zero attached hydrogens (tertiary/aromatic N) is 1. The van der Waals surface area contributed by atoms with E-state index in [4.69, 9.17) is 4.74 Å². The average Bonchev–Trinajstić information content (AvgIpc) is 2.12. The first-order valence-corrected chi connectivity index (χ1v) is 6.19. The molecule has 1 unspecified atom stereocenters. The highest BCUT2D eigenvalue weighted by Crippen LogP contribution is 2.25. The minimum absolute atomic E-state index is 0.156. The lowest BCUT2D eigenvalue weighted by Gasteiger charge is -2.47. The molecule has 96 valence electrons.